The lowest BCUT2D eigenvalue weighted by Crippen LogP contribution is -2.34. The van der Waals surface area contributed by atoms with Crippen molar-refractivity contribution in [3.8, 4) is 0 Å². The number of rotatable bonds is 7. The maximum absolute atomic E-state index is 12.4. The van der Waals surface area contributed by atoms with E-state index < -0.39 is 21.6 Å². The molecule has 1 aromatic carbocycles. The largest absolute Gasteiger partial charge is 0.478 e. The number of nitrogens with one attached hydrogen (secondary N) is 1. The van der Waals surface area contributed by atoms with Crippen molar-refractivity contribution in [2.24, 2.45) is 0 Å². The van der Waals surface area contributed by atoms with Gasteiger partial charge in [-0.3, -0.25) is 0 Å². The number of benzene rings is 1. The molecule has 0 heterocycles. The van der Waals surface area contributed by atoms with Crippen LogP contribution in [0.3, 0.4) is 0 Å². The lowest BCUT2D eigenvalue weighted by atomic mass is 10.1. The van der Waals surface area contributed by atoms with Gasteiger partial charge in [0.05, 0.1) is 15.6 Å². The van der Waals surface area contributed by atoms with Gasteiger partial charge in [0.1, 0.15) is 4.90 Å². The highest BCUT2D eigenvalue weighted by Gasteiger charge is 2.26. The van der Waals surface area contributed by atoms with Crippen LogP contribution in [0.2, 0.25) is 10.0 Å². The van der Waals surface area contributed by atoms with Crippen LogP contribution in [0.1, 0.15) is 43.5 Å². The summed E-state index contributed by atoms with van der Waals surface area (Å²) in [4.78, 5) is 10.8. The van der Waals surface area contributed by atoms with Gasteiger partial charge >= 0.3 is 5.97 Å². The number of sulfonamides is 1. The Kier molecular flexibility index (Phi) is 6.46. The third-order valence-corrected chi connectivity index (χ3v) is 5.39. The Bertz CT molecular complexity index is 631. The van der Waals surface area contributed by atoms with E-state index in [0.29, 0.717) is 12.8 Å². The van der Waals surface area contributed by atoms with Crippen molar-refractivity contribution < 1.29 is 18.3 Å². The van der Waals surface area contributed by atoms with Gasteiger partial charge in [0, 0.05) is 6.04 Å². The summed E-state index contributed by atoms with van der Waals surface area (Å²) < 4.78 is 27.2. The molecular weight excluding hydrogens is 337 g/mol. The lowest BCUT2D eigenvalue weighted by molar-refractivity contribution is 0.0697. The van der Waals surface area contributed by atoms with Crippen molar-refractivity contribution in [2.45, 2.75) is 44.0 Å². The molecule has 118 valence electrons. The monoisotopic (exact) mass is 353 g/mol. The second kappa shape index (κ2) is 7.45. The van der Waals surface area contributed by atoms with Crippen LogP contribution in [-0.2, 0) is 10.0 Å². The fourth-order valence-corrected chi connectivity index (χ4v) is 4.19. The predicted octanol–water partition coefficient (Wildman–Crippen LogP) is 3.55. The van der Waals surface area contributed by atoms with Gasteiger partial charge in [0.2, 0.25) is 10.0 Å². The van der Waals surface area contributed by atoms with Crippen molar-refractivity contribution >= 4 is 39.2 Å². The molecule has 0 saturated heterocycles. The molecule has 2 N–H and O–H groups in total. The van der Waals surface area contributed by atoms with E-state index in [4.69, 9.17) is 28.3 Å². The van der Waals surface area contributed by atoms with Crippen LogP contribution in [0.25, 0.3) is 0 Å². The predicted molar refractivity (Wildman–Crippen MR) is 82.7 cm³/mol. The molecule has 1 atom stereocenters. The third-order valence-electron chi connectivity index (χ3n) is 3.01. The minimum Gasteiger partial charge on any atom is -0.478 e. The van der Waals surface area contributed by atoms with Gasteiger partial charge in [-0.2, -0.15) is 0 Å². The number of aromatic carboxylic acids is 1. The minimum atomic E-state index is -3.90. The summed E-state index contributed by atoms with van der Waals surface area (Å²) in [5, 5.41) is 8.58. The van der Waals surface area contributed by atoms with Gasteiger partial charge in [-0.25, -0.2) is 17.9 Å². The topological polar surface area (TPSA) is 83.5 Å². The van der Waals surface area contributed by atoms with E-state index in [1.54, 1.807) is 0 Å². The molecule has 0 fully saturated rings. The first-order valence-corrected chi connectivity index (χ1v) is 8.72. The van der Waals surface area contributed by atoms with Crippen molar-refractivity contribution in [1.29, 1.82) is 0 Å². The average Bonchev–Trinajstić information content (AvgIpc) is 2.37. The second-order valence-electron chi connectivity index (χ2n) is 4.55. The van der Waals surface area contributed by atoms with Gasteiger partial charge in [0.25, 0.3) is 0 Å². The van der Waals surface area contributed by atoms with Crippen molar-refractivity contribution in [3.05, 3.63) is 27.7 Å². The third kappa shape index (κ3) is 4.32. The molecule has 0 amide bonds. The van der Waals surface area contributed by atoms with E-state index in [-0.39, 0.29) is 21.0 Å². The Labute approximate surface area is 134 Å². The average molecular weight is 354 g/mol. The summed E-state index contributed by atoms with van der Waals surface area (Å²) in [5.41, 5.74) is -0.412. The quantitative estimate of drug-likeness (QED) is 0.784. The smallest absolute Gasteiger partial charge is 0.338 e. The molecule has 0 saturated carbocycles. The van der Waals surface area contributed by atoms with E-state index in [9.17, 15) is 13.2 Å². The van der Waals surface area contributed by atoms with Crippen LogP contribution < -0.4 is 4.72 Å². The zero-order chi connectivity index (χ0) is 16.2. The molecule has 0 aliphatic heterocycles. The van der Waals surface area contributed by atoms with Crippen LogP contribution in [-0.4, -0.2) is 25.5 Å². The summed E-state index contributed by atoms with van der Waals surface area (Å²) >= 11 is 11.7. The van der Waals surface area contributed by atoms with Crippen LogP contribution in [0, 0.1) is 0 Å². The highest BCUT2D eigenvalue weighted by atomic mass is 35.5. The first-order valence-electron chi connectivity index (χ1n) is 6.48. The summed E-state index contributed by atoms with van der Waals surface area (Å²) in [6, 6.07) is 2.20. The van der Waals surface area contributed by atoms with E-state index >= 15 is 0 Å². The fourth-order valence-electron chi connectivity index (χ4n) is 1.91. The molecule has 21 heavy (non-hydrogen) atoms. The van der Waals surface area contributed by atoms with Crippen LogP contribution in [0.4, 0.5) is 0 Å². The van der Waals surface area contributed by atoms with E-state index in [2.05, 4.69) is 4.72 Å². The molecule has 0 aliphatic rings. The Morgan fingerprint density at radius 3 is 2.43 bits per heavy atom. The number of halogens is 2. The van der Waals surface area contributed by atoms with Gasteiger partial charge in [0.15, 0.2) is 0 Å². The van der Waals surface area contributed by atoms with Gasteiger partial charge < -0.3 is 5.11 Å². The normalized spacial score (nSPS) is 13.1. The molecule has 0 bridgehead atoms. The SMILES string of the molecule is CCCC(CC)NS(=O)(=O)c1ccc(Cl)c(C(=O)O)c1Cl. The van der Waals surface area contributed by atoms with Gasteiger partial charge in [-0.05, 0) is 25.0 Å². The first kappa shape index (κ1) is 18.2. The molecule has 0 radical (unpaired) electrons. The molecule has 0 aliphatic carbocycles. The lowest BCUT2D eigenvalue weighted by Gasteiger charge is -2.17. The maximum Gasteiger partial charge on any atom is 0.338 e. The standard InChI is InChI=1S/C13H17Cl2NO4S/c1-3-5-8(4-2)16-21(19,20)10-7-6-9(14)11(12(10)15)13(17)18/h6-8,16H,3-5H2,1-2H3,(H,17,18). The molecule has 0 aromatic heterocycles. The summed E-state index contributed by atoms with van der Waals surface area (Å²) in [5.74, 6) is -1.37. The molecule has 8 heteroatoms. The number of carboxylic acid groups (broad SMARTS) is 1. The zero-order valence-electron chi connectivity index (χ0n) is 11.7. The Balaban J connectivity index is 3.26. The highest BCUT2D eigenvalue weighted by molar-refractivity contribution is 7.89. The number of carboxylic acids is 1. The highest BCUT2D eigenvalue weighted by Crippen LogP contribution is 2.31. The van der Waals surface area contributed by atoms with Crippen molar-refractivity contribution in [3.63, 3.8) is 0 Å². The number of hydrogen-bond acceptors (Lipinski definition) is 3. The molecule has 1 rings (SSSR count). The fraction of sp³-hybridized carbons (Fsp3) is 0.462. The van der Waals surface area contributed by atoms with Crippen LogP contribution in [0.5, 0.6) is 0 Å². The Morgan fingerprint density at radius 2 is 1.95 bits per heavy atom. The number of hydrogen-bond donors (Lipinski definition) is 2. The van der Waals surface area contributed by atoms with Crippen LogP contribution in [0.15, 0.2) is 17.0 Å². The maximum atomic E-state index is 12.4. The minimum absolute atomic E-state index is 0.105. The van der Waals surface area contributed by atoms with E-state index in [0.717, 1.165) is 6.42 Å². The van der Waals surface area contributed by atoms with E-state index in [1.807, 2.05) is 13.8 Å². The van der Waals surface area contributed by atoms with Gasteiger partial charge in [-0.1, -0.05) is 43.5 Å². The molecular formula is C13H17Cl2NO4S. The molecule has 1 unspecified atom stereocenters. The summed E-state index contributed by atoms with van der Waals surface area (Å²) in [6.45, 7) is 3.82. The first-order chi connectivity index (χ1) is 9.74. The Morgan fingerprint density at radius 1 is 1.33 bits per heavy atom. The molecule has 5 nitrogen and oxygen atoms in total. The zero-order valence-corrected chi connectivity index (χ0v) is 14.0. The summed E-state index contributed by atoms with van der Waals surface area (Å²) in [7, 11) is -3.90. The summed E-state index contributed by atoms with van der Waals surface area (Å²) in [6.07, 6.45) is 2.15. The van der Waals surface area contributed by atoms with E-state index in [1.165, 1.54) is 12.1 Å². The molecule has 0 spiro atoms. The molecule has 1 aromatic rings. The van der Waals surface area contributed by atoms with Crippen LogP contribution >= 0.6 is 23.2 Å². The van der Waals surface area contributed by atoms with Gasteiger partial charge in [-0.15, -0.1) is 0 Å². The Hall–Kier alpha value is -0.820. The second-order valence-corrected chi connectivity index (χ2v) is 7.02. The number of carbonyl (C=O) groups is 1. The van der Waals surface area contributed by atoms with Crippen molar-refractivity contribution in [2.75, 3.05) is 0 Å². The van der Waals surface area contributed by atoms with Crippen molar-refractivity contribution in [1.82, 2.24) is 4.72 Å².